The Hall–Kier alpha value is -4.05. The number of aliphatic carboxylic acids is 1. The van der Waals surface area contributed by atoms with Crippen molar-refractivity contribution in [2.45, 2.75) is 225 Å². The van der Waals surface area contributed by atoms with Crippen molar-refractivity contribution in [3.05, 3.63) is 109 Å². The number of quaternary nitrogens is 1. The van der Waals surface area contributed by atoms with Gasteiger partial charge in [-0.3, -0.25) is 9.59 Å². The molecule has 0 spiro atoms. The van der Waals surface area contributed by atoms with E-state index in [1.54, 1.807) is 0 Å². The zero-order valence-corrected chi connectivity index (χ0v) is 46.5. The molecule has 0 aliphatic rings. The van der Waals surface area contributed by atoms with Crippen molar-refractivity contribution in [2.75, 3.05) is 47.5 Å². The zero-order chi connectivity index (χ0) is 52.7. The van der Waals surface area contributed by atoms with E-state index in [1.165, 1.54) is 70.6 Å². The van der Waals surface area contributed by atoms with Gasteiger partial charge < -0.3 is 33.3 Å². The lowest BCUT2D eigenvalue weighted by Crippen LogP contribution is -2.44. The maximum Gasteiger partial charge on any atom is 0.306 e. The third kappa shape index (κ3) is 53.7. The van der Waals surface area contributed by atoms with Crippen LogP contribution in [0.5, 0.6) is 0 Å². The number of carbonyl (C=O) groups is 3. The largest absolute Gasteiger partial charge is 0.545 e. The van der Waals surface area contributed by atoms with E-state index in [-0.39, 0.29) is 38.6 Å². The van der Waals surface area contributed by atoms with Crippen molar-refractivity contribution >= 4 is 17.9 Å². The highest BCUT2D eigenvalue weighted by atomic mass is 16.7. The summed E-state index contributed by atoms with van der Waals surface area (Å²) in [5.41, 5.74) is 0. The quantitative estimate of drug-likeness (QED) is 0.0195. The van der Waals surface area contributed by atoms with Gasteiger partial charge in [-0.25, -0.2) is 0 Å². The second-order valence-electron chi connectivity index (χ2n) is 19.8. The first-order valence-corrected chi connectivity index (χ1v) is 28.5. The lowest BCUT2D eigenvalue weighted by atomic mass is 10.1. The lowest BCUT2D eigenvalue weighted by Gasteiger charge is -2.26. The van der Waals surface area contributed by atoms with Gasteiger partial charge in [-0.1, -0.05) is 207 Å². The standard InChI is InChI=1S/C63H105NO8/c1-6-8-10-12-14-16-18-20-22-24-26-27-28-29-30-31-32-33-34-35-36-38-40-42-44-46-48-50-52-54-61(66)72-59(58-71-63(62(67)68)69-56-55-64(3,4)5)57-70-60(65)53-51-49-47-45-43-41-39-37-25-23-21-19-17-15-13-11-9-7-2/h8,10,14,16-17,19-20,22-23,25-27,29-30,32-33,35-36,59,63H,6-7,9,11-13,15,18,21,24,28,31,34,37-58H2,1-5H3/b10-8-,16-14-,19-17-,22-20-,25-23-,27-26-,30-29-,33-32-,36-35-. The molecule has 9 nitrogen and oxygen atoms in total. The second-order valence-corrected chi connectivity index (χ2v) is 19.8. The van der Waals surface area contributed by atoms with E-state index in [0.717, 1.165) is 109 Å². The van der Waals surface area contributed by atoms with E-state index in [1.807, 2.05) is 21.1 Å². The van der Waals surface area contributed by atoms with Crippen LogP contribution < -0.4 is 5.11 Å². The van der Waals surface area contributed by atoms with Gasteiger partial charge in [0.15, 0.2) is 12.4 Å². The van der Waals surface area contributed by atoms with Crippen LogP contribution in [0.25, 0.3) is 0 Å². The summed E-state index contributed by atoms with van der Waals surface area (Å²) in [5, 5.41) is 11.8. The smallest absolute Gasteiger partial charge is 0.306 e. The van der Waals surface area contributed by atoms with Crippen LogP contribution >= 0.6 is 0 Å². The highest BCUT2D eigenvalue weighted by molar-refractivity contribution is 5.70. The molecule has 0 radical (unpaired) electrons. The van der Waals surface area contributed by atoms with Crippen LogP contribution in [-0.4, -0.2) is 82.3 Å². The van der Waals surface area contributed by atoms with Crippen LogP contribution in [0.2, 0.25) is 0 Å². The summed E-state index contributed by atoms with van der Waals surface area (Å²) in [6.45, 7) is 4.58. The third-order valence-electron chi connectivity index (χ3n) is 11.8. The van der Waals surface area contributed by atoms with Gasteiger partial charge in [0.25, 0.3) is 0 Å². The molecule has 0 rings (SSSR count). The molecular weight excluding hydrogens is 899 g/mol. The molecule has 0 bridgehead atoms. The topological polar surface area (TPSA) is 111 Å². The van der Waals surface area contributed by atoms with Crippen molar-refractivity contribution in [3.8, 4) is 0 Å². The molecule has 0 saturated carbocycles. The predicted molar refractivity (Wildman–Crippen MR) is 301 cm³/mol. The second kappa shape index (κ2) is 53.2. The van der Waals surface area contributed by atoms with Crippen molar-refractivity contribution < 1.29 is 42.9 Å². The highest BCUT2D eigenvalue weighted by Crippen LogP contribution is 2.14. The number of ether oxygens (including phenoxy) is 4. The molecular formula is C63H105NO8. The monoisotopic (exact) mass is 1000 g/mol. The Bertz CT molecular complexity index is 1540. The van der Waals surface area contributed by atoms with Gasteiger partial charge in [0.1, 0.15) is 13.2 Å². The molecule has 0 aromatic carbocycles. The SMILES string of the molecule is CC/C=C\C/C=C\C/C=C\C/C=C\C/C=C\C/C=C\C/C=C\CCCCCCCCCC(=O)OC(COC(=O)CCCCCCCCC/C=C\C/C=C\CCCCCC)COC(OCC[N+](C)(C)C)C(=O)[O-]. The number of esters is 2. The van der Waals surface area contributed by atoms with E-state index in [2.05, 4.69) is 123 Å². The molecule has 0 amide bonds. The first kappa shape index (κ1) is 68.0. The van der Waals surface area contributed by atoms with Crippen LogP contribution in [0.15, 0.2) is 109 Å². The fourth-order valence-electron chi connectivity index (χ4n) is 7.37. The van der Waals surface area contributed by atoms with E-state index in [0.29, 0.717) is 17.4 Å². The number of hydrogen-bond acceptors (Lipinski definition) is 8. The molecule has 0 aliphatic carbocycles. The summed E-state index contributed by atoms with van der Waals surface area (Å²) >= 11 is 0. The van der Waals surface area contributed by atoms with Crippen molar-refractivity contribution in [1.29, 1.82) is 0 Å². The zero-order valence-electron chi connectivity index (χ0n) is 46.5. The number of carboxylic acids is 1. The van der Waals surface area contributed by atoms with Crippen LogP contribution in [0, 0.1) is 0 Å². The number of nitrogens with zero attached hydrogens (tertiary/aromatic N) is 1. The van der Waals surface area contributed by atoms with Gasteiger partial charge in [-0.05, 0) is 103 Å². The first-order chi connectivity index (χ1) is 35.1. The molecule has 0 aromatic rings. The average molecular weight is 1000 g/mol. The summed E-state index contributed by atoms with van der Waals surface area (Å²) < 4.78 is 22.7. The molecule has 0 aliphatic heterocycles. The van der Waals surface area contributed by atoms with Gasteiger partial charge in [-0.15, -0.1) is 0 Å². The Morgan fingerprint density at radius 2 is 0.792 bits per heavy atom. The van der Waals surface area contributed by atoms with Gasteiger partial charge in [0.05, 0.1) is 40.3 Å². The van der Waals surface area contributed by atoms with Crippen molar-refractivity contribution in [1.82, 2.24) is 0 Å². The van der Waals surface area contributed by atoms with E-state index in [9.17, 15) is 19.5 Å². The van der Waals surface area contributed by atoms with Crippen molar-refractivity contribution in [2.24, 2.45) is 0 Å². The Labute approximate surface area is 441 Å². The van der Waals surface area contributed by atoms with Crippen molar-refractivity contribution in [3.63, 3.8) is 0 Å². The molecule has 0 fully saturated rings. The summed E-state index contributed by atoms with van der Waals surface area (Å²) in [6, 6.07) is 0. The van der Waals surface area contributed by atoms with Gasteiger partial charge >= 0.3 is 11.9 Å². The molecule has 72 heavy (non-hydrogen) atoms. The van der Waals surface area contributed by atoms with Crippen LogP contribution in [0.4, 0.5) is 0 Å². The molecule has 9 heteroatoms. The van der Waals surface area contributed by atoms with Gasteiger partial charge in [0.2, 0.25) is 0 Å². The fraction of sp³-hybridized carbons (Fsp3) is 0.667. The number of hydrogen-bond donors (Lipinski definition) is 0. The van der Waals surface area contributed by atoms with E-state index in [4.69, 9.17) is 18.9 Å². The first-order valence-electron chi connectivity index (χ1n) is 28.5. The average Bonchev–Trinajstić information content (AvgIpc) is 3.35. The van der Waals surface area contributed by atoms with E-state index >= 15 is 0 Å². The normalized spacial score (nSPS) is 13.6. The summed E-state index contributed by atoms with van der Waals surface area (Å²) in [6.07, 6.45) is 69.8. The number of rotatable bonds is 51. The van der Waals surface area contributed by atoms with Crippen LogP contribution in [-0.2, 0) is 33.3 Å². The molecule has 0 saturated heterocycles. The lowest BCUT2D eigenvalue weighted by molar-refractivity contribution is -0.870. The van der Waals surface area contributed by atoms with E-state index < -0.39 is 24.3 Å². The Kier molecular flexibility index (Phi) is 50.3. The predicted octanol–water partition coefficient (Wildman–Crippen LogP) is 15.4. The molecule has 0 heterocycles. The minimum absolute atomic E-state index is 0.138. The maximum absolute atomic E-state index is 12.9. The molecule has 410 valence electrons. The number of likely N-dealkylation sites (N-methyl/N-ethyl adjacent to an activating group) is 1. The maximum atomic E-state index is 12.9. The summed E-state index contributed by atoms with van der Waals surface area (Å²) in [4.78, 5) is 37.3. The Balaban J connectivity index is 4.32. The van der Waals surface area contributed by atoms with Gasteiger partial charge in [-0.2, -0.15) is 0 Å². The molecule has 0 aromatic heterocycles. The Morgan fingerprint density at radius 1 is 0.431 bits per heavy atom. The molecule has 2 atom stereocenters. The minimum atomic E-state index is -1.63. The van der Waals surface area contributed by atoms with Crippen LogP contribution in [0.1, 0.15) is 213 Å². The third-order valence-corrected chi connectivity index (χ3v) is 11.8. The number of unbranched alkanes of at least 4 members (excludes halogenated alkanes) is 18. The van der Waals surface area contributed by atoms with Crippen LogP contribution in [0.3, 0.4) is 0 Å². The summed E-state index contributed by atoms with van der Waals surface area (Å²) in [5.74, 6) is -2.32. The minimum Gasteiger partial charge on any atom is -0.545 e. The molecule has 2 unspecified atom stereocenters. The number of carboxylic acid groups (broad SMARTS) is 1. The number of allylic oxidation sites excluding steroid dienone is 18. The molecule has 0 N–H and O–H groups in total. The summed E-state index contributed by atoms with van der Waals surface area (Å²) in [7, 11) is 5.90. The fourth-order valence-corrected chi connectivity index (χ4v) is 7.37. The highest BCUT2D eigenvalue weighted by Gasteiger charge is 2.22. The Morgan fingerprint density at radius 3 is 1.18 bits per heavy atom. The number of carbonyl (C=O) groups excluding carboxylic acids is 3. The van der Waals surface area contributed by atoms with Gasteiger partial charge in [0, 0.05) is 12.8 Å².